The van der Waals surface area contributed by atoms with Crippen molar-refractivity contribution >= 4 is 22.8 Å². The highest BCUT2D eigenvalue weighted by Crippen LogP contribution is 2.51. The van der Waals surface area contributed by atoms with Gasteiger partial charge in [0.15, 0.2) is 12.3 Å². The van der Waals surface area contributed by atoms with E-state index in [0.29, 0.717) is 40.9 Å². The average molecular weight is 551 g/mol. The molecule has 1 aromatic heterocycles. The molecule has 2 aliphatic rings. The molecule has 0 radical (unpaired) electrons. The molecule has 40 heavy (non-hydrogen) atoms. The average Bonchev–Trinajstić information content (AvgIpc) is 3.47. The number of halogens is 3. The standard InChI is InChI=1S/C30H25F3N2O5/c31-30(32,33)29(37)40-27-21-13-14-35(27)26(28(36)39-17-19-9-5-2-6-10-19)25-24(21)22-15-20(11-12-23(22)34-25)38-16-18-7-3-1-4-8-18/h1-12,15,21,26-27,34H,13-14,16-17H2. The Morgan fingerprint density at radius 1 is 0.925 bits per heavy atom. The number of hydrogen-bond donors (Lipinski definition) is 1. The van der Waals surface area contributed by atoms with E-state index in [-0.39, 0.29) is 13.2 Å². The summed E-state index contributed by atoms with van der Waals surface area (Å²) in [6.07, 6.45) is -6.04. The van der Waals surface area contributed by atoms with Gasteiger partial charge in [-0.25, -0.2) is 14.5 Å². The number of nitrogens with one attached hydrogen (secondary N) is 1. The molecule has 7 nitrogen and oxygen atoms in total. The van der Waals surface area contributed by atoms with Crippen molar-refractivity contribution in [2.45, 2.75) is 44.0 Å². The molecule has 3 heterocycles. The van der Waals surface area contributed by atoms with E-state index in [0.717, 1.165) is 11.1 Å². The molecule has 1 saturated heterocycles. The van der Waals surface area contributed by atoms with Gasteiger partial charge >= 0.3 is 18.1 Å². The number of esters is 2. The minimum Gasteiger partial charge on any atom is -0.489 e. The summed E-state index contributed by atoms with van der Waals surface area (Å²) in [5, 5.41) is 0.695. The van der Waals surface area contributed by atoms with Crippen LogP contribution in [0.5, 0.6) is 5.75 Å². The Hall–Kier alpha value is -4.31. The van der Waals surface area contributed by atoms with Crippen molar-refractivity contribution in [2.24, 2.45) is 0 Å². The Labute approximate surface area is 227 Å². The van der Waals surface area contributed by atoms with Crippen LogP contribution in [0, 0.1) is 0 Å². The fourth-order valence-electron chi connectivity index (χ4n) is 5.56. The monoisotopic (exact) mass is 550 g/mol. The Balaban J connectivity index is 1.35. The summed E-state index contributed by atoms with van der Waals surface area (Å²) < 4.78 is 56.2. The van der Waals surface area contributed by atoms with Crippen LogP contribution in [0.1, 0.15) is 40.8 Å². The zero-order valence-electron chi connectivity index (χ0n) is 21.2. The lowest BCUT2D eigenvalue weighted by molar-refractivity contribution is -0.215. The molecule has 2 aliphatic heterocycles. The normalized spacial score (nSPS) is 21.6. The lowest BCUT2D eigenvalue weighted by Crippen LogP contribution is -2.47. The number of aromatic nitrogens is 1. The van der Waals surface area contributed by atoms with Crippen LogP contribution in [-0.4, -0.2) is 40.8 Å². The molecule has 0 saturated carbocycles. The van der Waals surface area contributed by atoms with Crippen LogP contribution in [0.25, 0.3) is 10.9 Å². The number of rotatable bonds is 7. The maximum atomic E-state index is 13.5. The molecule has 2 bridgehead atoms. The summed E-state index contributed by atoms with van der Waals surface area (Å²) in [4.78, 5) is 30.2. The van der Waals surface area contributed by atoms with Crippen molar-refractivity contribution in [3.63, 3.8) is 0 Å². The number of aromatic amines is 1. The Morgan fingerprint density at radius 3 is 2.27 bits per heavy atom. The van der Waals surface area contributed by atoms with Crippen molar-refractivity contribution in [2.75, 3.05) is 6.54 Å². The smallest absolute Gasteiger partial charge is 0.489 e. The minimum absolute atomic E-state index is 0.00647. The van der Waals surface area contributed by atoms with Gasteiger partial charge < -0.3 is 19.2 Å². The quantitative estimate of drug-likeness (QED) is 0.295. The summed E-state index contributed by atoms with van der Waals surface area (Å²) in [5.74, 6) is -2.95. The highest BCUT2D eigenvalue weighted by atomic mass is 19.4. The van der Waals surface area contributed by atoms with Gasteiger partial charge in [-0.3, -0.25) is 0 Å². The number of hydrogen-bond acceptors (Lipinski definition) is 6. The van der Waals surface area contributed by atoms with Crippen LogP contribution < -0.4 is 4.74 Å². The van der Waals surface area contributed by atoms with Crippen LogP contribution in [0.2, 0.25) is 0 Å². The second-order valence-electron chi connectivity index (χ2n) is 9.86. The molecule has 0 amide bonds. The lowest BCUT2D eigenvalue weighted by Gasteiger charge is -2.37. The number of ether oxygens (including phenoxy) is 3. The molecule has 1 N–H and O–H groups in total. The predicted molar refractivity (Wildman–Crippen MR) is 138 cm³/mol. The summed E-state index contributed by atoms with van der Waals surface area (Å²) >= 11 is 0. The third-order valence-electron chi connectivity index (χ3n) is 7.34. The molecule has 0 spiro atoms. The fourth-order valence-corrected chi connectivity index (χ4v) is 5.56. The van der Waals surface area contributed by atoms with E-state index in [9.17, 15) is 22.8 Å². The maximum absolute atomic E-state index is 13.5. The first kappa shape index (κ1) is 25.9. The largest absolute Gasteiger partial charge is 0.490 e. The molecule has 206 valence electrons. The summed E-state index contributed by atoms with van der Waals surface area (Å²) in [7, 11) is 0. The summed E-state index contributed by atoms with van der Waals surface area (Å²) in [6.45, 7) is 0.573. The number of carbonyl (C=O) groups excluding carboxylic acids is 2. The van der Waals surface area contributed by atoms with Crippen molar-refractivity contribution < 1.29 is 37.0 Å². The molecule has 0 aliphatic carbocycles. The Morgan fingerprint density at radius 2 is 1.60 bits per heavy atom. The molecule has 6 rings (SSSR count). The van der Waals surface area contributed by atoms with Gasteiger partial charge in [0.2, 0.25) is 0 Å². The Kier molecular flexibility index (Phi) is 6.71. The number of alkyl halides is 3. The Bertz CT molecular complexity index is 1540. The first-order chi connectivity index (χ1) is 19.3. The number of H-pyrrole nitrogens is 1. The van der Waals surface area contributed by atoms with Gasteiger partial charge in [0, 0.05) is 29.1 Å². The van der Waals surface area contributed by atoms with E-state index >= 15 is 0 Å². The van der Waals surface area contributed by atoms with Gasteiger partial charge in [0.1, 0.15) is 19.0 Å². The fraction of sp³-hybridized carbons (Fsp3) is 0.267. The molecular formula is C30H25F3N2O5. The van der Waals surface area contributed by atoms with E-state index in [1.807, 2.05) is 48.5 Å². The number of fused-ring (bicyclic) bond motifs is 6. The lowest BCUT2D eigenvalue weighted by atomic mass is 9.89. The van der Waals surface area contributed by atoms with E-state index in [4.69, 9.17) is 14.2 Å². The first-order valence-corrected chi connectivity index (χ1v) is 12.9. The van der Waals surface area contributed by atoms with Crippen LogP contribution in [-0.2, 0) is 32.3 Å². The highest BCUT2D eigenvalue weighted by Gasteiger charge is 2.54. The van der Waals surface area contributed by atoms with Gasteiger partial charge in [0.05, 0.1) is 0 Å². The zero-order valence-corrected chi connectivity index (χ0v) is 21.2. The van der Waals surface area contributed by atoms with Crippen molar-refractivity contribution in [1.29, 1.82) is 0 Å². The maximum Gasteiger partial charge on any atom is 0.490 e. The second kappa shape index (κ2) is 10.3. The van der Waals surface area contributed by atoms with E-state index in [1.165, 1.54) is 4.90 Å². The third-order valence-corrected chi connectivity index (χ3v) is 7.34. The van der Waals surface area contributed by atoms with Gasteiger partial charge in [-0.05, 0) is 41.3 Å². The number of nitrogens with zero attached hydrogens (tertiary/aromatic N) is 1. The highest BCUT2D eigenvalue weighted by molar-refractivity contribution is 5.90. The SMILES string of the molecule is O=C(OCc1ccccc1)C1c2[nH]c3ccc(OCc4ccccc4)cc3c2C2CCN1C2OC(=O)C(F)(F)F. The molecule has 4 aromatic rings. The van der Waals surface area contributed by atoms with Crippen LogP contribution >= 0.6 is 0 Å². The van der Waals surface area contributed by atoms with Gasteiger partial charge in [-0.15, -0.1) is 0 Å². The summed E-state index contributed by atoms with van der Waals surface area (Å²) in [5.41, 5.74) is 3.59. The third kappa shape index (κ3) is 4.90. The number of benzene rings is 3. The number of carbonyl (C=O) groups is 2. The van der Waals surface area contributed by atoms with Crippen LogP contribution in [0.3, 0.4) is 0 Å². The predicted octanol–water partition coefficient (Wildman–Crippen LogP) is 5.77. The van der Waals surface area contributed by atoms with Crippen molar-refractivity contribution in [3.05, 3.63) is 101 Å². The minimum atomic E-state index is -5.16. The molecule has 10 heteroatoms. The topological polar surface area (TPSA) is 80.9 Å². The van der Waals surface area contributed by atoms with Gasteiger partial charge in [-0.2, -0.15) is 13.2 Å². The second-order valence-corrected chi connectivity index (χ2v) is 9.86. The summed E-state index contributed by atoms with van der Waals surface area (Å²) in [6, 6.07) is 23.0. The molecule has 4 unspecified atom stereocenters. The zero-order chi connectivity index (χ0) is 27.9. The molecular weight excluding hydrogens is 525 g/mol. The molecule has 3 aromatic carbocycles. The van der Waals surface area contributed by atoms with E-state index < -0.39 is 36.3 Å². The van der Waals surface area contributed by atoms with E-state index in [1.54, 1.807) is 30.3 Å². The van der Waals surface area contributed by atoms with Crippen LogP contribution in [0.4, 0.5) is 13.2 Å². The van der Waals surface area contributed by atoms with Gasteiger partial charge in [-0.1, -0.05) is 60.7 Å². The molecule has 4 atom stereocenters. The molecule has 1 fully saturated rings. The van der Waals surface area contributed by atoms with E-state index in [2.05, 4.69) is 4.98 Å². The van der Waals surface area contributed by atoms with Crippen molar-refractivity contribution in [1.82, 2.24) is 9.88 Å². The first-order valence-electron chi connectivity index (χ1n) is 12.9. The van der Waals surface area contributed by atoms with Crippen LogP contribution in [0.15, 0.2) is 78.9 Å². The van der Waals surface area contributed by atoms with Crippen molar-refractivity contribution in [3.8, 4) is 5.75 Å². The van der Waals surface area contributed by atoms with Gasteiger partial charge in [0.25, 0.3) is 0 Å².